The summed E-state index contributed by atoms with van der Waals surface area (Å²) in [6.07, 6.45) is 3.74. The van der Waals surface area contributed by atoms with E-state index in [1.807, 2.05) is 13.8 Å². The molecule has 8 heteroatoms. The Morgan fingerprint density at radius 1 is 1.14 bits per heavy atom. The maximum absolute atomic E-state index is 12.3. The molecule has 1 heterocycles. The van der Waals surface area contributed by atoms with Crippen LogP contribution in [0, 0.1) is 0 Å². The second-order valence-electron chi connectivity index (χ2n) is 7.09. The van der Waals surface area contributed by atoms with E-state index in [-0.39, 0.29) is 6.10 Å². The molecule has 0 unspecified atom stereocenters. The van der Waals surface area contributed by atoms with Crippen molar-refractivity contribution in [2.75, 3.05) is 11.9 Å². The van der Waals surface area contributed by atoms with E-state index in [4.69, 9.17) is 15.2 Å². The fourth-order valence-corrected chi connectivity index (χ4v) is 4.54. The van der Waals surface area contributed by atoms with Gasteiger partial charge in [-0.3, -0.25) is 9.59 Å². The Labute approximate surface area is 173 Å². The number of primary amides is 1. The molecule has 3 rings (SSSR count). The SMILES string of the molecule is CC(C)Oc1ccc(C(=O)OCC(=O)Nc2sc3c(c2C(N)=O)CCCC3)cc1. The second kappa shape index (κ2) is 9.09. The maximum Gasteiger partial charge on any atom is 0.338 e. The van der Waals surface area contributed by atoms with Crippen molar-refractivity contribution < 1.29 is 23.9 Å². The molecule has 0 saturated carbocycles. The third kappa shape index (κ3) is 5.14. The lowest BCUT2D eigenvalue weighted by Crippen LogP contribution is -2.23. The highest BCUT2D eigenvalue weighted by Crippen LogP contribution is 2.37. The number of aryl methyl sites for hydroxylation is 1. The van der Waals surface area contributed by atoms with Crippen molar-refractivity contribution in [3.8, 4) is 5.75 Å². The van der Waals surface area contributed by atoms with Crippen LogP contribution in [0.25, 0.3) is 0 Å². The molecular weight excluding hydrogens is 392 g/mol. The third-order valence-corrected chi connectivity index (χ3v) is 5.67. The fourth-order valence-electron chi connectivity index (χ4n) is 3.23. The van der Waals surface area contributed by atoms with E-state index in [1.54, 1.807) is 24.3 Å². The number of carbonyl (C=O) groups is 3. The minimum Gasteiger partial charge on any atom is -0.491 e. The number of nitrogens with one attached hydrogen (secondary N) is 1. The molecule has 1 aliphatic rings. The monoisotopic (exact) mass is 416 g/mol. The van der Waals surface area contributed by atoms with E-state index in [9.17, 15) is 14.4 Å². The van der Waals surface area contributed by atoms with Gasteiger partial charge >= 0.3 is 5.97 Å². The van der Waals surface area contributed by atoms with E-state index < -0.39 is 24.4 Å². The van der Waals surface area contributed by atoms with Gasteiger partial charge in [0.15, 0.2) is 6.61 Å². The largest absolute Gasteiger partial charge is 0.491 e. The zero-order valence-electron chi connectivity index (χ0n) is 16.4. The molecule has 29 heavy (non-hydrogen) atoms. The molecule has 1 aliphatic carbocycles. The van der Waals surface area contributed by atoms with Gasteiger partial charge in [-0.1, -0.05) is 0 Å². The van der Waals surface area contributed by atoms with Crippen LogP contribution < -0.4 is 15.8 Å². The van der Waals surface area contributed by atoms with Gasteiger partial charge in [-0.05, 0) is 69.4 Å². The van der Waals surface area contributed by atoms with Crippen molar-refractivity contribution in [3.63, 3.8) is 0 Å². The number of benzene rings is 1. The summed E-state index contributed by atoms with van der Waals surface area (Å²) >= 11 is 1.37. The second-order valence-corrected chi connectivity index (χ2v) is 8.20. The lowest BCUT2D eigenvalue weighted by Gasteiger charge is -2.11. The Bertz CT molecular complexity index is 918. The summed E-state index contributed by atoms with van der Waals surface area (Å²) in [5.74, 6) is -1.04. The Balaban J connectivity index is 1.59. The summed E-state index contributed by atoms with van der Waals surface area (Å²) in [5, 5.41) is 3.10. The van der Waals surface area contributed by atoms with Gasteiger partial charge in [0.2, 0.25) is 0 Å². The van der Waals surface area contributed by atoms with Crippen molar-refractivity contribution in [1.29, 1.82) is 0 Å². The van der Waals surface area contributed by atoms with E-state index in [0.717, 1.165) is 36.1 Å². The Morgan fingerprint density at radius 2 is 1.83 bits per heavy atom. The van der Waals surface area contributed by atoms with Crippen LogP contribution in [0.3, 0.4) is 0 Å². The molecular formula is C21H24N2O5S. The number of nitrogens with two attached hydrogens (primary N) is 1. The van der Waals surface area contributed by atoms with Gasteiger partial charge in [0.25, 0.3) is 11.8 Å². The minimum atomic E-state index is -0.614. The van der Waals surface area contributed by atoms with Crippen molar-refractivity contribution in [2.45, 2.75) is 45.6 Å². The van der Waals surface area contributed by atoms with Crippen LogP contribution in [0.4, 0.5) is 5.00 Å². The molecule has 0 spiro atoms. The van der Waals surface area contributed by atoms with Gasteiger partial charge in [-0.15, -0.1) is 11.3 Å². The Kier molecular flexibility index (Phi) is 6.53. The topological polar surface area (TPSA) is 108 Å². The molecule has 3 N–H and O–H groups in total. The van der Waals surface area contributed by atoms with E-state index in [2.05, 4.69) is 5.32 Å². The van der Waals surface area contributed by atoms with Gasteiger partial charge in [-0.25, -0.2) is 4.79 Å². The minimum absolute atomic E-state index is 0.0321. The van der Waals surface area contributed by atoms with Crippen LogP contribution in [0.1, 0.15) is 57.8 Å². The quantitative estimate of drug-likeness (QED) is 0.673. The summed E-state index contributed by atoms with van der Waals surface area (Å²) < 4.78 is 10.6. The number of anilines is 1. The van der Waals surface area contributed by atoms with Crippen LogP contribution in [-0.2, 0) is 22.4 Å². The van der Waals surface area contributed by atoms with Crippen molar-refractivity contribution in [1.82, 2.24) is 0 Å². The highest BCUT2D eigenvalue weighted by atomic mass is 32.1. The molecule has 2 amide bonds. The first-order chi connectivity index (χ1) is 13.8. The lowest BCUT2D eigenvalue weighted by molar-refractivity contribution is -0.119. The standard InChI is InChI=1S/C21H24N2O5S/c1-12(2)28-14-9-7-13(8-10-14)21(26)27-11-17(24)23-20-18(19(22)25)15-5-3-4-6-16(15)29-20/h7-10,12H,3-6,11H2,1-2H3,(H2,22,25)(H,23,24). The molecule has 1 aromatic heterocycles. The number of esters is 1. The fraction of sp³-hybridized carbons (Fsp3) is 0.381. The summed E-state index contributed by atoms with van der Waals surface area (Å²) in [5.41, 5.74) is 7.15. The normalized spacial score (nSPS) is 12.9. The van der Waals surface area contributed by atoms with Gasteiger partial charge in [0, 0.05) is 4.88 Å². The molecule has 7 nitrogen and oxygen atoms in total. The number of thiophene rings is 1. The number of ether oxygens (including phenoxy) is 2. The zero-order chi connectivity index (χ0) is 21.0. The number of amides is 2. The zero-order valence-corrected chi connectivity index (χ0v) is 17.3. The number of hydrogen-bond donors (Lipinski definition) is 2. The molecule has 154 valence electrons. The average Bonchev–Trinajstić information content (AvgIpc) is 3.04. The maximum atomic E-state index is 12.3. The first kappa shape index (κ1) is 20.9. The molecule has 0 atom stereocenters. The Hall–Kier alpha value is -2.87. The van der Waals surface area contributed by atoms with Crippen LogP contribution in [0.15, 0.2) is 24.3 Å². The van der Waals surface area contributed by atoms with Crippen LogP contribution in [0.2, 0.25) is 0 Å². The first-order valence-electron chi connectivity index (χ1n) is 9.53. The first-order valence-corrected chi connectivity index (χ1v) is 10.3. The van der Waals surface area contributed by atoms with E-state index in [0.29, 0.717) is 21.9 Å². The molecule has 0 saturated heterocycles. The highest BCUT2D eigenvalue weighted by molar-refractivity contribution is 7.17. The predicted molar refractivity (Wildman–Crippen MR) is 111 cm³/mol. The van der Waals surface area contributed by atoms with Gasteiger partial charge in [0.05, 0.1) is 17.2 Å². The summed E-state index contributed by atoms with van der Waals surface area (Å²) in [7, 11) is 0. The number of hydrogen-bond acceptors (Lipinski definition) is 6. The Morgan fingerprint density at radius 3 is 2.48 bits per heavy atom. The molecule has 1 aromatic carbocycles. The average molecular weight is 416 g/mol. The van der Waals surface area contributed by atoms with Crippen LogP contribution in [-0.4, -0.2) is 30.5 Å². The highest BCUT2D eigenvalue weighted by Gasteiger charge is 2.25. The molecule has 0 bridgehead atoms. The summed E-state index contributed by atoms with van der Waals surface area (Å²) in [6.45, 7) is 3.37. The van der Waals surface area contributed by atoms with Crippen LogP contribution in [0.5, 0.6) is 5.75 Å². The van der Waals surface area contributed by atoms with Gasteiger partial charge < -0.3 is 20.5 Å². The van der Waals surface area contributed by atoms with E-state index >= 15 is 0 Å². The lowest BCUT2D eigenvalue weighted by atomic mass is 9.95. The number of carbonyl (C=O) groups excluding carboxylic acids is 3. The van der Waals surface area contributed by atoms with Crippen molar-refractivity contribution in [3.05, 3.63) is 45.8 Å². The predicted octanol–water partition coefficient (Wildman–Crippen LogP) is 3.31. The molecule has 2 aromatic rings. The molecule has 0 aliphatic heterocycles. The molecule has 0 fully saturated rings. The number of fused-ring (bicyclic) bond motifs is 1. The third-order valence-electron chi connectivity index (χ3n) is 4.47. The van der Waals surface area contributed by atoms with Crippen LogP contribution >= 0.6 is 11.3 Å². The van der Waals surface area contributed by atoms with E-state index in [1.165, 1.54) is 11.3 Å². The summed E-state index contributed by atoms with van der Waals surface area (Å²) in [6, 6.07) is 6.50. The smallest absolute Gasteiger partial charge is 0.338 e. The van der Waals surface area contributed by atoms with Crippen molar-refractivity contribution in [2.24, 2.45) is 5.73 Å². The van der Waals surface area contributed by atoms with Gasteiger partial charge in [-0.2, -0.15) is 0 Å². The summed E-state index contributed by atoms with van der Waals surface area (Å²) in [4.78, 5) is 37.4. The number of rotatable bonds is 7. The van der Waals surface area contributed by atoms with Crippen molar-refractivity contribution >= 4 is 34.1 Å². The van der Waals surface area contributed by atoms with Gasteiger partial charge in [0.1, 0.15) is 10.8 Å². The molecule has 0 radical (unpaired) electrons.